The van der Waals surface area contributed by atoms with Crippen molar-refractivity contribution >= 4 is 11.8 Å². The quantitative estimate of drug-likeness (QED) is 0.884. The number of para-hydroxylation sites is 1. The molecule has 1 aromatic heterocycles. The molecule has 1 saturated carbocycles. The van der Waals surface area contributed by atoms with Crippen LogP contribution in [0.4, 0.5) is 0 Å². The summed E-state index contributed by atoms with van der Waals surface area (Å²) in [5.74, 6) is 0.710. The Labute approximate surface area is 158 Å². The molecule has 1 aromatic carbocycles. The molecule has 1 saturated heterocycles. The predicted octanol–water partition coefficient (Wildman–Crippen LogP) is 3.00. The molecule has 27 heavy (non-hydrogen) atoms. The van der Waals surface area contributed by atoms with E-state index in [0.29, 0.717) is 36.3 Å². The average molecular weight is 365 g/mol. The van der Waals surface area contributed by atoms with Crippen LogP contribution in [0.5, 0.6) is 11.6 Å². The van der Waals surface area contributed by atoms with Crippen molar-refractivity contribution in [1.82, 2.24) is 15.2 Å². The van der Waals surface area contributed by atoms with Crippen molar-refractivity contribution in [2.24, 2.45) is 5.92 Å². The number of benzene rings is 1. The number of carbonyl (C=O) groups is 2. The van der Waals surface area contributed by atoms with Gasteiger partial charge in [-0.05, 0) is 49.9 Å². The molecule has 4 rings (SSSR count). The highest BCUT2D eigenvalue weighted by molar-refractivity contribution is 5.97. The number of rotatable bonds is 5. The monoisotopic (exact) mass is 365 g/mol. The zero-order valence-corrected chi connectivity index (χ0v) is 15.1. The van der Waals surface area contributed by atoms with Crippen LogP contribution in [0.1, 0.15) is 36.0 Å². The fourth-order valence-corrected chi connectivity index (χ4v) is 3.33. The summed E-state index contributed by atoms with van der Waals surface area (Å²) in [6.07, 6.45) is 5.39. The molecule has 2 fully saturated rings. The highest BCUT2D eigenvalue weighted by Gasteiger charge is 2.33. The minimum atomic E-state index is -0.141. The average Bonchev–Trinajstić information content (AvgIpc) is 3.53. The number of carbonyl (C=O) groups excluding carboxylic acids is 2. The van der Waals surface area contributed by atoms with Gasteiger partial charge in [-0.1, -0.05) is 18.2 Å². The highest BCUT2D eigenvalue weighted by Crippen LogP contribution is 2.26. The Balaban J connectivity index is 1.48. The molecule has 1 atom stereocenters. The van der Waals surface area contributed by atoms with E-state index in [4.69, 9.17) is 4.74 Å². The number of likely N-dealkylation sites (tertiary alicyclic amines) is 1. The number of pyridine rings is 1. The minimum Gasteiger partial charge on any atom is -0.438 e. The van der Waals surface area contributed by atoms with E-state index in [-0.39, 0.29) is 17.7 Å². The zero-order chi connectivity index (χ0) is 18.6. The third-order valence-electron chi connectivity index (χ3n) is 4.96. The van der Waals surface area contributed by atoms with E-state index in [1.54, 1.807) is 23.2 Å². The summed E-state index contributed by atoms with van der Waals surface area (Å²) in [6, 6.07) is 13.1. The lowest BCUT2D eigenvalue weighted by molar-refractivity contribution is -0.126. The summed E-state index contributed by atoms with van der Waals surface area (Å²) in [4.78, 5) is 31.5. The molecule has 0 unspecified atom stereocenters. The predicted molar refractivity (Wildman–Crippen MR) is 101 cm³/mol. The van der Waals surface area contributed by atoms with Crippen LogP contribution in [0.3, 0.4) is 0 Å². The van der Waals surface area contributed by atoms with Gasteiger partial charge in [0.05, 0.1) is 5.92 Å². The molecule has 140 valence electrons. The SMILES string of the molecule is O=C(NC1CC1)[C@@H]1CCCN(C(=O)c2cccnc2Oc2ccccc2)C1. The number of nitrogens with zero attached hydrogens (tertiary/aromatic N) is 2. The largest absolute Gasteiger partial charge is 0.438 e. The van der Waals surface area contributed by atoms with E-state index in [0.717, 1.165) is 25.7 Å². The van der Waals surface area contributed by atoms with Crippen molar-refractivity contribution in [3.8, 4) is 11.6 Å². The fourth-order valence-electron chi connectivity index (χ4n) is 3.33. The van der Waals surface area contributed by atoms with Crippen molar-refractivity contribution < 1.29 is 14.3 Å². The van der Waals surface area contributed by atoms with Gasteiger partial charge in [0.1, 0.15) is 11.3 Å². The van der Waals surface area contributed by atoms with Crippen LogP contribution >= 0.6 is 0 Å². The van der Waals surface area contributed by atoms with Gasteiger partial charge in [0.25, 0.3) is 5.91 Å². The fraction of sp³-hybridized carbons (Fsp3) is 0.381. The lowest BCUT2D eigenvalue weighted by atomic mass is 9.96. The maximum atomic E-state index is 13.1. The molecule has 0 bridgehead atoms. The van der Waals surface area contributed by atoms with Crippen LogP contribution in [-0.4, -0.2) is 40.8 Å². The summed E-state index contributed by atoms with van der Waals surface area (Å²) >= 11 is 0. The van der Waals surface area contributed by atoms with Crippen molar-refractivity contribution in [1.29, 1.82) is 0 Å². The Morgan fingerprint density at radius 3 is 2.67 bits per heavy atom. The smallest absolute Gasteiger partial charge is 0.259 e. The number of nitrogens with one attached hydrogen (secondary N) is 1. The maximum Gasteiger partial charge on any atom is 0.259 e. The lowest BCUT2D eigenvalue weighted by Gasteiger charge is -2.32. The molecule has 1 aliphatic carbocycles. The second kappa shape index (κ2) is 7.78. The Morgan fingerprint density at radius 1 is 1.07 bits per heavy atom. The molecule has 2 amide bonds. The van der Waals surface area contributed by atoms with Crippen molar-refractivity contribution in [3.05, 3.63) is 54.2 Å². The third kappa shape index (κ3) is 4.27. The molecular formula is C21H23N3O3. The molecule has 0 spiro atoms. The van der Waals surface area contributed by atoms with E-state index in [1.165, 1.54) is 0 Å². The van der Waals surface area contributed by atoms with E-state index < -0.39 is 0 Å². The first-order chi connectivity index (χ1) is 13.2. The van der Waals surface area contributed by atoms with Crippen LogP contribution in [0.15, 0.2) is 48.7 Å². The van der Waals surface area contributed by atoms with E-state index in [2.05, 4.69) is 10.3 Å². The van der Waals surface area contributed by atoms with Crippen LogP contribution in [0.2, 0.25) is 0 Å². The summed E-state index contributed by atoms with van der Waals surface area (Å²) < 4.78 is 5.82. The first-order valence-electron chi connectivity index (χ1n) is 9.48. The summed E-state index contributed by atoms with van der Waals surface area (Å²) in [6.45, 7) is 1.09. The van der Waals surface area contributed by atoms with Crippen molar-refractivity contribution in [3.63, 3.8) is 0 Å². The van der Waals surface area contributed by atoms with Crippen molar-refractivity contribution in [2.45, 2.75) is 31.7 Å². The van der Waals surface area contributed by atoms with Gasteiger partial charge in [-0.2, -0.15) is 0 Å². The highest BCUT2D eigenvalue weighted by atomic mass is 16.5. The van der Waals surface area contributed by atoms with Gasteiger partial charge >= 0.3 is 0 Å². The van der Waals surface area contributed by atoms with E-state index >= 15 is 0 Å². The molecule has 0 radical (unpaired) electrons. The molecule has 1 aliphatic heterocycles. The minimum absolute atomic E-state index is 0.0712. The third-order valence-corrected chi connectivity index (χ3v) is 4.96. The van der Waals surface area contributed by atoms with Gasteiger partial charge in [0.2, 0.25) is 11.8 Å². The normalized spacial score (nSPS) is 19.4. The molecule has 6 nitrogen and oxygen atoms in total. The summed E-state index contributed by atoms with van der Waals surface area (Å²) in [5.41, 5.74) is 0.421. The second-order valence-corrected chi connectivity index (χ2v) is 7.14. The van der Waals surface area contributed by atoms with Gasteiger partial charge in [-0.3, -0.25) is 9.59 Å². The van der Waals surface area contributed by atoms with Crippen LogP contribution in [-0.2, 0) is 4.79 Å². The van der Waals surface area contributed by atoms with Crippen LogP contribution < -0.4 is 10.1 Å². The van der Waals surface area contributed by atoms with Gasteiger partial charge in [-0.15, -0.1) is 0 Å². The van der Waals surface area contributed by atoms with E-state index in [1.807, 2.05) is 30.3 Å². The number of hydrogen-bond acceptors (Lipinski definition) is 4. The summed E-state index contributed by atoms with van der Waals surface area (Å²) in [7, 11) is 0. The Morgan fingerprint density at radius 2 is 1.89 bits per heavy atom. The first kappa shape index (κ1) is 17.5. The van der Waals surface area contributed by atoms with Gasteiger partial charge < -0.3 is 15.0 Å². The molecule has 1 N–H and O–H groups in total. The number of amides is 2. The van der Waals surface area contributed by atoms with Crippen LogP contribution in [0, 0.1) is 5.92 Å². The first-order valence-corrected chi connectivity index (χ1v) is 9.48. The molecular weight excluding hydrogens is 342 g/mol. The maximum absolute atomic E-state index is 13.1. The van der Waals surface area contributed by atoms with Gasteiger partial charge in [-0.25, -0.2) is 4.98 Å². The van der Waals surface area contributed by atoms with Crippen LogP contribution in [0.25, 0.3) is 0 Å². The molecule has 2 aromatic rings. The van der Waals surface area contributed by atoms with Crippen molar-refractivity contribution in [2.75, 3.05) is 13.1 Å². The number of ether oxygens (including phenoxy) is 1. The number of hydrogen-bond donors (Lipinski definition) is 1. The standard InChI is InChI=1S/C21H23N3O3/c25-19(23-16-10-11-16)15-6-5-13-24(14-15)21(26)18-9-4-12-22-20(18)27-17-7-2-1-3-8-17/h1-4,7-9,12,15-16H,5-6,10-11,13-14H2,(H,23,25)/t15-/m1/s1. The Hall–Kier alpha value is -2.89. The Bertz CT molecular complexity index is 820. The molecule has 2 aliphatic rings. The van der Waals surface area contributed by atoms with E-state index in [9.17, 15) is 9.59 Å². The number of aromatic nitrogens is 1. The summed E-state index contributed by atoms with van der Waals surface area (Å²) in [5, 5.41) is 3.05. The molecule has 6 heteroatoms. The topological polar surface area (TPSA) is 71.5 Å². The number of piperidine rings is 1. The van der Waals surface area contributed by atoms with Gasteiger partial charge in [0.15, 0.2) is 0 Å². The Kier molecular flexibility index (Phi) is 5.05. The zero-order valence-electron chi connectivity index (χ0n) is 15.1. The van der Waals surface area contributed by atoms with Gasteiger partial charge in [0, 0.05) is 25.3 Å². The lowest BCUT2D eigenvalue weighted by Crippen LogP contribution is -2.46. The molecule has 2 heterocycles. The second-order valence-electron chi connectivity index (χ2n) is 7.14.